The van der Waals surface area contributed by atoms with Crippen molar-refractivity contribution in [1.82, 2.24) is 25.3 Å². The zero-order chi connectivity index (χ0) is 17.8. The summed E-state index contributed by atoms with van der Waals surface area (Å²) >= 11 is 0. The summed E-state index contributed by atoms with van der Waals surface area (Å²) in [5.74, 6) is 1.59. The van der Waals surface area contributed by atoms with E-state index in [0.717, 1.165) is 52.0 Å². The number of H-pyrrole nitrogens is 1. The molecule has 0 aromatic carbocycles. The van der Waals surface area contributed by atoms with Crippen LogP contribution in [0, 0.1) is 11.8 Å². The van der Waals surface area contributed by atoms with E-state index in [4.69, 9.17) is 0 Å². The van der Waals surface area contributed by atoms with E-state index in [1.54, 1.807) is 0 Å². The molecule has 6 nitrogen and oxygen atoms in total. The normalized spacial score (nSPS) is 24.8. The van der Waals surface area contributed by atoms with Gasteiger partial charge >= 0.3 is 0 Å². The number of rotatable bonds is 7. The molecule has 0 saturated carbocycles. The summed E-state index contributed by atoms with van der Waals surface area (Å²) in [4.78, 5) is 17.0. The second-order valence-electron chi connectivity index (χ2n) is 8.06. The minimum Gasteiger partial charge on any atom is -0.338 e. The number of hydrogen-bond acceptors (Lipinski definition) is 4. The summed E-state index contributed by atoms with van der Waals surface area (Å²) < 4.78 is 0. The number of fused-ring (bicyclic) bond motifs is 1. The molecule has 1 aromatic rings. The van der Waals surface area contributed by atoms with Crippen molar-refractivity contribution < 1.29 is 4.79 Å². The number of likely N-dealkylation sites (tertiary alicyclic amines) is 2. The average Bonchev–Trinajstić information content (AvgIpc) is 3.00. The molecule has 2 N–H and O–H groups in total. The summed E-state index contributed by atoms with van der Waals surface area (Å²) in [7, 11) is 1.95. The van der Waals surface area contributed by atoms with Gasteiger partial charge in [0.2, 0.25) is 5.91 Å². The van der Waals surface area contributed by atoms with Gasteiger partial charge in [0.05, 0.1) is 5.69 Å². The second-order valence-corrected chi connectivity index (χ2v) is 8.06. The van der Waals surface area contributed by atoms with Gasteiger partial charge in [-0.2, -0.15) is 5.10 Å². The molecule has 2 aliphatic rings. The lowest BCUT2D eigenvalue weighted by atomic mass is 9.83. The Balaban J connectivity index is 1.56. The Morgan fingerprint density at radius 1 is 1.40 bits per heavy atom. The molecule has 3 heterocycles. The summed E-state index contributed by atoms with van der Waals surface area (Å²) in [5, 5.41) is 10.8. The van der Waals surface area contributed by atoms with Gasteiger partial charge in [0.15, 0.2) is 0 Å². The fourth-order valence-corrected chi connectivity index (χ4v) is 4.35. The molecule has 1 aromatic heterocycles. The number of carbonyl (C=O) groups is 1. The van der Waals surface area contributed by atoms with Gasteiger partial charge in [0.25, 0.3) is 0 Å². The van der Waals surface area contributed by atoms with Crippen LogP contribution in [0.5, 0.6) is 0 Å². The predicted molar refractivity (Wildman–Crippen MR) is 99.2 cm³/mol. The Kier molecular flexibility index (Phi) is 6.12. The van der Waals surface area contributed by atoms with Gasteiger partial charge in [-0.1, -0.05) is 13.8 Å². The molecule has 2 saturated heterocycles. The number of hydrogen-bond donors (Lipinski definition) is 2. The molecule has 2 aliphatic heterocycles. The van der Waals surface area contributed by atoms with Crippen molar-refractivity contribution in [3.8, 4) is 0 Å². The number of nitrogens with zero attached hydrogens (tertiary/aromatic N) is 3. The van der Waals surface area contributed by atoms with Crippen LogP contribution < -0.4 is 5.32 Å². The van der Waals surface area contributed by atoms with Crippen LogP contribution in [-0.4, -0.2) is 65.2 Å². The summed E-state index contributed by atoms with van der Waals surface area (Å²) in [6.45, 7) is 9.27. The fourth-order valence-electron chi connectivity index (χ4n) is 4.35. The molecular formula is C19H33N5O. The van der Waals surface area contributed by atoms with E-state index in [9.17, 15) is 4.79 Å². The molecule has 6 heteroatoms. The van der Waals surface area contributed by atoms with E-state index >= 15 is 0 Å². The molecule has 2 fully saturated rings. The van der Waals surface area contributed by atoms with Gasteiger partial charge in [-0.25, -0.2) is 0 Å². The van der Waals surface area contributed by atoms with E-state index < -0.39 is 0 Å². The minimum absolute atomic E-state index is 0.344. The molecule has 0 aliphatic carbocycles. The zero-order valence-corrected chi connectivity index (χ0v) is 15.9. The number of aromatic amines is 1. The first-order chi connectivity index (χ1) is 12.1. The van der Waals surface area contributed by atoms with Crippen LogP contribution in [0.3, 0.4) is 0 Å². The molecule has 0 radical (unpaired) electrons. The van der Waals surface area contributed by atoms with E-state index in [0.29, 0.717) is 30.2 Å². The molecule has 3 rings (SSSR count). The second kappa shape index (κ2) is 8.32. The van der Waals surface area contributed by atoms with Crippen LogP contribution in [0.25, 0.3) is 0 Å². The van der Waals surface area contributed by atoms with Gasteiger partial charge in [0, 0.05) is 50.9 Å². The van der Waals surface area contributed by atoms with Crippen molar-refractivity contribution in [2.45, 2.75) is 52.1 Å². The molecule has 1 amide bonds. The van der Waals surface area contributed by atoms with Gasteiger partial charge in [-0.15, -0.1) is 0 Å². The molecule has 2 atom stereocenters. The molecular weight excluding hydrogens is 314 g/mol. The summed E-state index contributed by atoms with van der Waals surface area (Å²) in [6.07, 6.45) is 3.87. The van der Waals surface area contributed by atoms with Gasteiger partial charge in [-0.3, -0.25) is 14.8 Å². The highest BCUT2D eigenvalue weighted by Gasteiger charge is 2.38. The quantitative estimate of drug-likeness (QED) is 0.787. The first-order valence-corrected chi connectivity index (χ1v) is 9.76. The number of likely N-dealkylation sites (N-methyl/N-ethyl adjacent to an activating group) is 1. The number of piperidine rings is 2. The first kappa shape index (κ1) is 18.4. The average molecular weight is 348 g/mol. The van der Waals surface area contributed by atoms with Gasteiger partial charge < -0.3 is 10.2 Å². The van der Waals surface area contributed by atoms with Crippen molar-refractivity contribution in [3.05, 3.63) is 17.5 Å². The SMILES string of the molecule is CNCCN1C(=O)CC[C@H]2CN(Cc3cc(CC(C)C)n[nH]3)CC[C@H]21. The highest BCUT2D eigenvalue weighted by molar-refractivity contribution is 5.77. The van der Waals surface area contributed by atoms with Crippen molar-refractivity contribution in [1.29, 1.82) is 0 Å². The lowest BCUT2D eigenvalue weighted by Gasteiger charge is -2.47. The minimum atomic E-state index is 0.344. The Bertz CT molecular complexity index is 570. The topological polar surface area (TPSA) is 64.3 Å². The van der Waals surface area contributed by atoms with Crippen molar-refractivity contribution in [3.63, 3.8) is 0 Å². The highest BCUT2D eigenvalue weighted by Crippen LogP contribution is 2.31. The van der Waals surface area contributed by atoms with Crippen molar-refractivity contribution in [2.75, 3.05) is 33.2 Å². The van der Waals surface area contributed by atoms with Crippen molar-refractivity contribution in [2.24, 2.45) is 11.8 Å². The third-order valence-electron chi connectivity index (χ3n) is 5.53. The molecule has 0 bridgehead atoms. The van der Waals surface area contributed by atoms with E-state index in [1.165, 1.54) is 11.4 Å². The smallest absolute Gasteiger partial charge is 0.222 e. The van der Waals surface area contributed by atoms with Gasteiger partial charge in [-0.05, 0) is 44.2 Å². The lowest BCUT2D eigenvalue weighted by molar-refractivity contribution is -0.141. The molecule has 140 valence electrons. The maximum Gasteiger partial charge on any atom is 0.222 e. The largest absolute Gasteiger partial charge is 0.338 e. The first-order valence-electron chi connectivity index (χ1n) is 9.76. The molecule has 25 heavy (non-hydrogen) atoms. The lowest BCUT2D eigenvalue weighted by Crippen LogP contribution is -2.56. The maximum atomic E-state index is 12.3. The van der Waals surface area contributed by atoms with E-state index in [-0.39, 0.29) is 0 Å². The van der Waals surface area contributed by atoms with Crippen LogP contribution in [0.4, 0.5) is 0 Å². The third-order valence-corrected chi connectivity index (χ3v) is 5.53. The maximum absolute atomic E-state index is 12.3. The van der Waals surface area contributed by atoms with Crippen LogP contribution in [-0.2, 0) is 17.8 Å². The monoisotopic (exact) mass is 347 g/mol. The van der Waals surface area contributed by atoms with Crippen LogP contribution in [0.2, 0.25) is 0 Å². The molecule has 0 spiro atoms. The van der Waals surface area contributed by atoms with E-state index in [2.05, 4.69) is 45.2 Å². The Morgan fingerprint density at radius 3 is 3.00 bits per heavy atom. The Hall–Kier alpha value is -1.40. The standard InChI is InChI=1S/C19H33N5O/c1-14(2)10-16-11-17(22-21-16)13-23-8-6-18-15(12-23)4-5-19(25)24(18)9-7-20-3/h11,14-15,18,20H,4-10,12-13H2,1-3H3,(H,21,22)/t15-,18+/m0/s1. The van der Waals surface area contributed by atoms with Crippen LogP contribution >= 0.6 is 0 Å². The number of carbonyl (C=O) groups excluding carboxylic acids is 1. The Labute approximate surface area is 151 Å². The van der Waals surface area contributed by atoms with Gasteiger partial charge in [0.1, 0.15) is 0 Å². The predicted octanol–water partition coefficient (Wildman–Crippen LogP) is 1.64. The van der Waals surface area contributed by atoms with Crippen LogP contribution in [0.15, 0.2) is 6.07 Å². The molecule has 0 unspecified atom stereocenters. The highest BCUT2D eigenvalue weighted by atomic mass is 16.2. The number of nitrogens with one attached hydrogen (secondary N) is 2. The number of aromatic nitrogens is 2. The number of amides is 1. The summed E-state index contributed by atoms with van der Waals surface area (Å²) in [6, 6.07) is 2.65. The van der Waals surface area contributed by atoms with Crippen LogP contribution in [0.1, 0.15) is 44.5 Å². The summed E-state index contributed by atoms with van der Waals surface area (Å²) in [5.41, 5.74) is 2.38. The third kappa shape index (κ3) is 4.61. The zero-order valence-electron chi connectivity index (χ0n) is 15.9. The van der Waals surface area contributed by atoms with Crippen molar-refractivity contribution >= 4 is 5.91 Å². The fraction of sp³-hybridized carbons (Fsp3) is 0.789. The van der Waals surface area contributed by atoms with E-state index in [1.807, 2.05) is 7.05 Å². The Morgan fingerprint density at radius 2 is 2.24 bits per heavy atom.